The maximum absolute atomic E-state index is 12.2. The van der Waals surface area contributed by atoms with Crippen molar-refractivity contribution in [3.63, 3.8) is 0 Å². The predicted octanol–water partition coefficient (Wildman–Crippen LogP) is 3.06. The molecule has 0 atom stereocenters. The Kier molecular flexibility index (Phi) is 3.83. The van der Waals surface area contributed by atoms with Gasteiger partial charge in [-0.2, -0.15) is 0 Å². The van der Waals surface area contributed by atoms with E-state index in [0.717, 1.165) is 5.56 Å². The maximum atomic E-state index is 12.2. The highest BCUT2D eigenvalue weighted by atomic mass is 16.1. The lowest BCUT2D eigenvalue weighted by atomic mass is 10.1. The maximum Gasteiger partial charge on any atom is 0.330 e. The molecule has 0 unspecified atom stereocenters. The van der Waals surface area contributed by atoms with Crippen LogP contribution in [-0.2, 0) is 0 Å². The van der Waals surface area contributed by atoms with Gasteiger partial charge in [0.1, 0.15) is 0 Å². The van der Waals surface area contributed by atoms with Crippen molar-refractivity contribution in [3.8, 4) is 5.69 Å². The van der Waals surface area contributed by atoms with Crippen molar-refractivity contribution in [2.24, 2.45) is 0 Å². The molecule has 3 aromatic rings. The van der Waals surface area contributed by atoms with Gasteiger partial charge in [-0.3, -0.25) is 9.36 Å². The van der Waals surface area contributed by atoms with Crippen LogP contribution in [0.1, 0.15) is 15.9 Å². The number of aromatic amines is 1. The number of hydrogen-bond acceptors (Lipinski definition) is 2. The number of nitrogens with zero attached hydrogens (tertiary/aromatic N) is 1. The monoisotopic (exact) mass is 290 g/mol. The van der Waals surface area contributed by atoms with E-state index in [0.29, 0.717) is 11.3 Å². The number of allylic oxidation sites excluding steroid dienone is 1. The van der Waals surface area contributed by atoms with Crippen LogP contribution in [-0.4, -0.2) is 15.3 Å². The fourth-order valence-electron chi connectivity index (χ4n) is 2.16. The van der Waals surface area contributed by atoms with Crippen molar-refractivity contribution in [2.75, 3.05) is 0 Å². The minimum absolute atomic E-state index is 0.103. The topological polar surface area (TPSA) is 54.9 Å². The Labute approximate surface area is 127 Å². The van der Waals surface area contributed by atoms with Crippen molar-refractivity contribution in [3.05, 3.63) is 94.7 Å². The molecule has 0 saturated carbocycles. The third-order valence-corrected chi connectivity index (χ3v) is 3.28. The van der Waals surface area contributed by atoms with Gasteiger partial charge in [-0.05, 0) is 23.8 Å². The number of carbonyl (C=O) groups is 1. The lowest BCUT2D eigenvalue weighted by Crippen LogP contribution is -2.14. The lowest BCUT2D eigenvalue weighted by Gasteiger charge is -2.03. The van der Waals surface area contributed by atoms with Gasteiger partial charge < -0.3 is 4.98 Å². The molecular formula is C18H14N2O2. The van der Waals surface area contributed by atoms with Crippen LogP contribution in [0.2, 0.25) is 0 Å². The number of H-pyrrole nitrogens is 1. The molecular weight excluding hydrogens is 276 g/mol. The van der Waals surface area contributed by atoms with Gasteiger partial charge in [0.25, 0.3) is 0 Å². The summed E-state index contributed by atoms with van der Waals surface area (Å²) in [6, 6.07) is 16.6. The van der Waals surface area contributed by atoms with Crippen molar-refractivity contribution in [1.82, 2.24) is 9.55 Å². The molecule has 4 heteroatoms. The standard InChI is InChI=1S/C18H14N2O2/c21-17(10-9-14-5-2-1-3-6-14)15-7-4-8-16(13-15)20-12-11-19-18(20)22/h1-13H,(H,19,22). The van der Waals surface area contributed by atoms with Crippen LogP contribution in [0, 0.1) is 0 Å². The second kappa shape index (κ2) is 6.10. The highest BCUT2D eigenvalue weighted by Crippen LogP contribution is 2.11. The average molecular weight is 290 g/mol. The van der Waals surface area contributed by atoms with Crippen LogP contribution in [0.3, 0.4) is 0 Å². The third kappa shape index (κ3) is 2.96. The van der Waals surface area contributed by atoms with Gasteiger partial charge in [-0.1, -0.05) is 48.5 Å². The Morgan fingerprint density at radius 1 is 1.05 bits per heavy atom. The van der Waals surface area contributed by atoms with Gasteiger partial charge in [0.2, 0.25) is 0 Å². The number of carbonyl (C=O) groups excluding carboxylic acids is 1. The fourth-order valence-corrected chi connectivity index (χ4v) is 2.16. The summed E-state index contributed by atoms with van der Waals surface area (Å²) in [5, 5.41) is 0. The van der Waals surface area contributed by atoms with Crippen LogP contribution in [0.15, 0.2) is 77.9 Å². The Bertz CT molecular complexity index is 873. The summed E-state index contributed by atoms with van der Waals surface area (Å²) in [4.78, 5) is 26.4. The largest absolute Gasteiger partial charge is 0.330 e. The first kappa shape index (κ1) is 13.8. The summed E-state index contributed by atoms with van der Waals surface area (Å²) in [7, 11) is 0. The Balaban J connectivity index is 1.86. The van der Waals surface area contributed by atoms with Gasteiger partial charge >= 0.3 is 5.69 Å². The van der Waals surface area contributed by atoms with Crippen molar-refractivity contribution >= 4 is 11.9 Å². The number of benzene rings is 2. The van der Waals surface area contributed by atoms with E-state index in [1.165, 1.54) is 10.6 Å². The van der Waals surface area contributed by atoms with E-state index in [-0.39, 0.29) is 11.5 Å². The van der Waals surface area contributed by atoms with Gasteiger partial charge in [0.05, 0.1) is 5.69 Å². The molecule has 0 bridgehead atoms. The second-order valence-electron chi connectivity index (χ2n) is 4.79. The Morgan fingerprint density at radius 2 is 1.86 bits per heavy atom. The number of hydrogen-bond donors (Lipinski definition) is 1. The summed E-state index contributed by atoms with van der Waals surface area (Å²) in [6.07, 6.45) is 6.50. The highest BCUT2D eigenvalue weighted by molar-refractivity contribution is 6.07. The zero-order chi connectivity index (χ0) is 15.4. The molecule has 3 rings (SSSR count). The summed E-state index contributed by atoms with van der Waals surface area (Å²) in [5.41, 5.74) is 1.93. The molecule has 0 radical (unpaired) electrons. The van der Waals surface area contributed by atoms with Gasteiger partial charge in [0, 0.05) is 18.0 Å². The fraction of sp³-hybridized carbons (Fsp3) is 0. The lowest BCUT2D eigenvalue weighted by molar-refractivity contribution is 0.104. The number of rotatable bonds is 4. The molecule has 0 saturated heterocycles. The van der Waals surface area contributed by atoms with Crippen molar-refractivity contribution in [1.29, 1.82) is 0 Å². The molecule has 0 aliphatic heterocycles. The zero-order valence-electron chi connectivity index (χ0n) is 11.8. The number of aromatic nitrogens is 2. The molecule has 0 aliphatic carbocycles. The first-order valence-corrected chi connectivity index (χ1v) is 6.88. The normalized spacial score (nSPS) is 10.9. The minimum Gasteiger partial charge on any atom is -0.312 e. The van der Waals surface area contributed by atoms with Crippen LogP contribution in [0.4, 0.5) is 0 Å². The molecule has 2 aromatic carbocycles. The molecule has 0 amide bonds. The van der Waals surface area contributed by atoms with Crippen LogP contribution in [0.25, 0.3) is 11.8 Å². The average Bonchev–Trinajstić information content (AvgIpc) is 3.00. The SMILES string of the molecule is O=C(C=Cc1ccccc1)c1cccc(-n2cc[nH]c2=O)c1. The molecule has 0 spiro atoms. The number of imidazole rings is 1. The van der Waals surface area contributed by atoms with Crippen LogP contribution in [0.5, 0.6) is 0 Å². The van der Waals surface area contributed by atoms with E-state index < -0.39 is 0 Å². The molecule has 1 N–H and O–H groups in total. The molecule has 0 fully saturated rings. The van der Waals surface area contributed by atoms with Gasteiger partial charge in [-0.15, -0.1) is 0 Å². The quantitative estimate of drug-likeness (QED) is 0.593. The minimum atomic E-state index is -0.232. The smallest absolute Gasteiger partial charge is 0.312 e. The highest BCUT2D eigenvalue weighted by Gasteiger charge is 2.05. The van der Waals surface area contributed by atoms with Gasteiger partial charge in [0.15, 0.2) is 5.78 Å². The zero-order valence-corrected chi connectivity index (χ0v) is 11.8. The first-order valence-electron chi connectivity index (χ1n) is 6.88. The van der Waals surface area contributed by atoms with Crippen LogP contribution >= 0.6 is 0 Å². The first-order chi connectivity index (χ1) is 10.7. The second-order valence-corrected chi connectivity index (χ2v) is 4.79. The van der Waals surface area contributed by atoms with Crippen molar-refractivity contribution in [2.45, 2.75) is 0 Å². The molecule has 4 nitrogen and oxygen atoms in total. The molecule has 1 heterocycles. The van der Waals surface area contributed by atoms with E-state index in [1.807, 2.05) is 30.3 Å². The number of ketones is 1. The van der Waals surface area contributed by atoms with E-state index in [9.17, 15) is 9.59 Å². The van der Waals surface area contributed by atoms with E-state index in [1.54, 1.807) is 42.7 Å². The van der Waals surface area contributed by atoms with E-state index >= 15 is 0 Å². The summed E-state index contributed by atoms with van der Waals surface area (Å²) >= 11 is 0. The number of nitrogens with one attached hydrogen (secondary N) is 1. The summed E-state index contributed by atoms with van der Waals surface area (Å²) in [5.74, 6) is -0.103. The molecule has 0 aliphatic rings. The summed E-state index contributed by atoms with van der Waals surface area (Å²) < 4.78 is 1.46. The Hall–Kier alpha value is -3.14. The van der Waals surface area contributed by atoms with Gasteiger partial charge in [-0.25, -0.2) is 4.79 Å². The molecule has 1 aromatic heterocycles. The summed E-state index contributed by atoms with van der Waals surface area (Å²) in [6.45, 7) is 0. The third-order valence-electron chi connectivity index (χ3n) is 3.28. The van der Waals surface area contributed by atoms with E-state index in [2.05, 4.69) is 4.98 Å². The van der Waals surface area contributed by atoms with Crippen LogP contribution < -0.4 is 5.69 Å². The molecule has 108 valence electrons. The molecule has 22 heavy (non-hydrogen) atoms. The van der Waals surface area contributed by atoms with Crippen molar-refractivity contribution < 1.29 is 4.79 Å². The Morgan fingerprint density at radius 3 is 2.59 bits per heavy atom. The van der Waals surface area contributed by atoms with E-state index in [4.69, 9.17) is 0 Å². The predicted molar refractivity (Wildman–Crippen MR) is 86.2 cm³/mol.